The van der Waals surface area contributed by atoms with Gasteiger partial charge in [0, 0.05) is 26.1 Å². The smallest absolute Gasteiger partial charge is 0.307 e. The number of carbonyl (C=O) groups is 1. The lowest BCUT2D eigenvalue weighted by Crippen LogP contribution is -2.46. The molecule has 116 valence electrons. The first-order valence-corrected chi connectivity index (χ1v) is 8.97. The highest BCUT2D eigenvalue weighted by atomic mass is 32.2. The van der Waals surface area contributed by atoms with E-state index < -0.39 is 9.84 Å². The molecule has 0 aromatic rings. The minimum absolute atomic E-state index is 0.0213. The summed E-state index contributed by atoms with van der Waals surface area (Å²) >= 11 is 0. The average molecular weight is 305 g/mol. The molecule has 6 nitrogen and oxygen atoms in total. The molecule has 2 rings (SSSR count). The number of carbonyl (C=O) groups excluding carboxylic acids is 1. The molecule has 0 amide bonds. The van der Waals surface area contributed by atoms with E-state index in [9.17, 15) is 13.2 Å². The molecule has 1 saturated carbocycles. The second-order valence-corrected chi connectivity index (χ2v) is 7.83. The Morgan fingerprint density at radius 3 is 2.75 bits per heavy atom. The second-order valence-electron chi connectivity index (χ2n) is 5.61. The van der Waals surface area contributed by atoms with Gasteiger partial charge in [-0.25, -0.2) is 8.42 Å². The van der Waals surface area contributed by atoms with Gasteiger partial charge in [-0.05, 0) is 19.3 Å². The summed E-state index contributed by atoms with van der Waals surface area (Å²) in [5.41, 5.74) is 0. The van der Waals surface area contributed by atoms with Crippen LogP contribution in [-0.4, -0.2) is 57.8 Å². The fourth-order valence-electron chi connectivity index (χ4n) is 2.86. The summed E-state index contributed by atoms with van der Waals surface area (Å²) in [6.07, 6.45) is 3.78. The Morgan fingerprint density at radius 1 is 1.30 bits per heavy atom. The van der Waals surface area contributed by atoms with E-state index in [1.54, 1.807) is 7.11 Å². The average Bonchev–Trinajstić information content (AvgIpc) is 2.37. The third-order valence-corrected chi connectivity index (χ3v) is 5.66. The summed E-state index contributed by atoms with van der Waals surface area (Å²) < 4.78 is 33.7. The van der Waals surface area contributed by atoms with Crippen LogP contribution in [0, 0.1) is 0 Å². The van der Waals surface area contributed by atoms with Crippen molar-refractivity contribution in [2.75, 3.05) is 25.2 Å². The molecule has 0 bridgehead atoms. The van der Waals surface area contributed by atoms with Crippen LogP contribution >= 0.6 is 0 Å². The molecule has 1 aliphatic carbocycles. The van der Waals surface area contributed by atoms with Gasteiger partial charge in [0.05, 0.1) is 24.0 Å². The predicted octanol–water partition coefficient (Wildman–Crippen LogP) is 0.264. The van der Waals surface area contributed by atoms with E-state index in [0.717, 1.165) is 25.7 Å². The van der Waals surface area contributed by atoms with Crippen molar-refractivity contribution in [3.05, 3.63) is 0 Å². The Balaban J connectivity index is 1.77. The number of hydrogen-bond donors (Lipinski definition) is 1. The van der Waals surface area contributed by atoms with Crippen molar-refractivity contribution in [2.45, 2.75) is 50.4 Å². The van der Waals surface area contributed by atoms with Crippen LogP contribution in [0.4, 0.5) is 0 Å². The molecule has 0 aromatic heterocycles. The van der Waals surface area contributed by atoms with E-state index in [0.29, 0.717) is 6.54 Å². The van der Waals surface area contributed by atoms with Gasteiger partial charge in [0.1, 0.15) is 6.10 Å². The predicted molar refractivity (Wildman–Crippen MR) is 74.2 cm³/mol. The largest absolute Gasteiger partial charge is 0.462 e. The van der Waals surface area contributed by atoms with E-state index in [1.807, 2.05) is 0 Å². The highest BCUT2D eigenvalue weighted by Gasteiger charge is 2.29. The van der Waals surface area contributed by atoms with Crippen LogP contribution in [0.2, 0.25) is 0 Å². The van der Waals surface area contributed by atoms with Crippen LogP contribution in [-0.2, 0) is 24.1 Å². The lowest BCUT2D eigenvalue weighted by atomic mass is 9.95. The standard InChI is InChI=1S/C13H23NO5S/c1-18-11-3-2-4-12(8-11)19-13(15)7-10-9-20(16,17)6-5-14-10/h10-12,14H,2-9H2,1H3. The third-order valence-electron chi connectivity index (χ3n) is 3.92. The van der Waals surface area contributed by atoms with E-state index in [-0.39, 0.29) is 42.1 Å². The Hall–Kier alpha value is -0.660. The van der Waals surface area contributed by atoms with Crippen molar-refractivity contribution in [3.8, 4) is 0 Å². The maximum Gasteiger partial charge on any atom is 0.307 e. The molecule has 0 spiro atoms. The van der Waals surface area contributed by atoms with Gasteiger partial charge in [0.25, 0.3) is 0 Å². The third kappa shape index (κ3) is 4.71. The molecule has 20 heavy (non-hydrogen) atoms. The summed E-state index contributed by atoms with van der Waals surface area (Å²) in [5, 5.41) is 3.06. The highest BCUT2D eigenvalue weighted by molar-refractivity contribution is 7.91. The first-order valence-electron chi connectivity index (χ1n) is 7.14. The van der Waals surface area contributed by atoms with Crippen LogP contribution in [0.5, 0.6) is 0 Å². The zero-order chi connectivity index (χ0) is 14.6. The molecular formula is C13H23NO5S. The van der Waals surface area contributed by atoms with E-state index in [4.69, 9.17) is 9.47 Å². The van der Waals surface area contributed by atoms with Gasteiger partial charge in [-0.15, -0.1) is 0 Å². The molecular weight excluding hydrogens is 282 g/mol. The van der Waals surface area contributed by atoms with Gasteiger partial charge < -0.3 is 14.8 Å². The van der Waals surface area contributed by atoms with Gasteiger partial charge in [0.2, 0.25) is 0 Å². The van der Waals surface area contributed by atoms with E-state index >= 15 is 0 Å². The fourth-order valence-corrected chi connectivity index (χ4v) is 4.30. The summed E-state index contributed by atoms with van der Waals surface area (Å²) in [6.45, 7) is 0.412. The number of sulfone groups is 1. The van der Waals surface area contributed by atoms with E-state index in [2.05, 4.69) is 5.32 Å². The van der Waals surface area contributed by atoms with Gasteiger partial charge in [-0.2, -0.15) is 0 Å². The summed E-state index contributed by atoms with van der Waals surface area (Å²) in [5.74, 6) is -0.147. The van der Waals surface area contributed by atoms with Crippen LogP contribution in [0.15, 0.2) is 0 Å². The maximum atomic E-state index is 11.9. The highest BCUT2D eigenvalue weighted by Crippen LogP contribution is 2.23. The molecule has 0 aromatic carbocycles. The first kappa shape index (κ1) is 15.7. The first-order chi connectivity index (χ1) is 9.48. The molecule has 2 aliphatic rings. The van der Waals surface area contributed by atoms with Gasteiger partial charge >= 0.3 is 5.97 Å². The lowest BCUT2D eigenvalue weighted by molar-refractivity contribution is -0.153. The molecule has 1 saturated heterocycles. The molecule has 1 N–H and O–H groups in total. The molecule has 1 heterocycles. The molecule has 7 heteroatoms. The quantitative estimate of drug-likeness (QED) is 0.751. The summed E-state index contributed by atoms with van der Waals surface area (Å²) in [7, 11) is -1.34. The minimum atomic E-state index is -3.01. The number of hydrogen-bond acceptors (Lipinski definition) is 6. The molecule has 3 atom stereocenters. The maximum absolute atomic E-state index is 11.9. The Labute approximate surface area is 120 Å². The summed E-state index contributed by atoms with van der Waals surface area (Å²) in [4.78, 5) is 11.9. The van der Waals surface area contributed by atoms with Crippen molar-refractivity contribution < 1.29 is 22.7 Å². The lowest BCUT2D eigenvalue weighted by Gasteiger charge is -2.29. The topological polar surface area (TPSA) is 81.7 Å². The molecule has 1 aliphatic heterocycles. The zero-order valence-corrected chi connectivity index (χ0v) is 12.7. The van der Waals surface area contributed by atoms with Crippen molar-refractivity contribution in [1.82, 2.24) is 5.32 Å². The Kier molecular flexibility index (Phi) is 5.40. The number of methoxy groups -OCH3 is 1. The molecule has 3 unspecified atom stereocenters. The number of esters is 1. The Morgan fingerprint density at radius 2 is 2.05 bits per heavy atom. The normalized spacial score (nSPS) is 33.5. The number of rotatable bonds is 4. The van der Waals surface area contributed by atoms with Gasteiger partial charge in [-0.3, -0.25) is 4.79 Å². The minimum Gasteiger partial charge on any atom is -0.462 e. The Bertz CT molecular complexity index is 436. The van der Waals surface area contributed by atoms with Gasteiger partial charge in [0.15, 0.2) is 9.84 Å². The zero-order valence-electron chi connectivity index (χ0n) is 11.8. The molecule has 2 fully saturated rings. The monoisotopic (exact) mass is 305 g/mol. The van der Waals surface area contributed by atoms with Crippen molar-refractivity contribution in [1.29, 1.82) is 0 Å². The van der Waals surface area contributed by atoms with Gasteiger partial charge in [-0.1, -0.05) is 0 Å². The van der Waals surface area contributed by atoms with E-state index in [1.165, 1.54) is 0 Å². The summed E-state index contributed by atoms with van der Waals surface area (Å²) in [6, 6.07) is -0.317. The number of ether oxygens (including phenoxy) is 2. The van der Waals surface area contributed by atoms with Crippen molar-refractivity contribution >= 4 is 15.8 Å². The van der Waals surface area contributed by atoms with Crippen LogP contribution < -0.4 is 5.32 Å². The van der Waals surface area contributed by atoms with Crippen LogP contribution in [0.3, 0.4) is 0 Å². The number of nitrogens with one attached hydrogen (secondary N) is 1. The second kappa shape index (κ2) is 6.87. The van der Waals surface area contributed by atoms with Crippen LogP contribution in [0.25, 0.3) is 0 Å². The molecule has 0 radical (unpaired) electrons. The SMILES string of the molecule is COC1CCCC(OC(=O)CC2CS(=O)(=O)CCN2)C1. The van der Waals surface area contributed by atoms with Crippen molar-refractivity contribution in [2.24, 2.45) is 0 Å². The fraction of sp³-hybridized carbons (Fsp3) is 0.923. The van der Waals surface area contributed by atoms with Crippen molar-refractivity contribution in [3.63, 3.8) is 0 Å². The van der Waals surface area contributed by atoms with Crippen LogP contribution in [0.1, 0.15) is 32.1 Å².